The second-order valence-corrected chi connectivity index (χ2v) is 6.91. The summed E-state index contributed by atoms with van der Waals surface area (Å²) in [5.41, 5.74) is 0.973. The van der Waals surface area contributed by atoms with Gasteiger partial charge in [0.25, 0.3) is 5.91 Å². The van der Waals surface area contributed by atoms with Gasteiger partial charge in [0.05, 0.1) is 5.02 Å². The van der Waals surface area contributed by atoms with E-state index >= 15 is 0 Å². The van der Waals surface area contributed by atoms with E-state index in [9.17, 15) is 4.79 Å². The quantitative estimate of drug-likeness (QED) is 0.830. The first-order valence-corrected chi connectivity index (χ1v) is 7.92. The van der Waals surface area contributed by atoms with Gasteiger partial charge >= 0.3 is 0 Å². The predicted octanol–water partition coefficient (Wildman–Crippen LogP) is 4.00. The Labute approximate surface area is 119 Å². The fourth-order valence-corrected chi connectivity index (χ4v) is 4.08. The molecule has 2 unspecified atom stereocenters. The van der Waals surface area contributed by atoms with Crippen LogP contribution in [0.5, 0.6) is 0 Å². The van der Waals surface area contributed by atoms with Crippen molar-refractivity contribution in [2.75, 3.05) is 6.54 Å². The number of alkyl halides is 1. The van der Waals surface area contributed by atoms with Crippen molar-refractivity contribution in [3.63, 3.8) is 0 Å². The van der Waals surface area contributed by atoms with Crippen LogP contribution in [0.2, 0.25) is 5.02 Å². The molecule has 1 aliphatic carbocycles. The van der Waals surface area contributed by atoms with Gasteiger partial charge in [-0.1, -0.05) is 34.0 Å². The van der Waals surface area contributed by atoms with Crippen molar-refractivity contribution in [1.29, 1.82) is 0 Å². The molecule has 0 aliphatic heterocycles. The summed E-state index contributed by atoms with van der Waals surface area (Å²) in [6.45, 7) is 2.66. The van der Waals surface area contributed by atoms with E-state index in [2.05, 4.69) is 21.2 Å². The lowest BCUT2D eigenvalue weighted by atomic mass is 10.1. The summed E-state index contributed by atoms with van der Waals surface area (Å²) in [5, 5.41) is 5.49. The first-order valence-electron chi connectivity index (χ1n) is 5.75. The van der Waals surface area contributed by atoms with Crippen LogP contribution in [0.15, 0.2) is 5.38 Å². The number of rotatable bonds is 3. The van der Waals surface area contributed by atoms with Crippen LogP contribution in [0.3, 0.4) is 0 Å². The third-order valence-electron chi connectivity index (χ3n) is 3.20. The standard InChI is InChI=1S/C12H15BrClNOS/c1-7-6-17-11(10(7)14)12(16)15-5-8-3-2-4-9(8)13/h6,8-9H,2-5H2,1H3,(H,15,16). The van der Waals surface area contributed by atoms with E-state index in [0.29, 0.717) is 20.6 Å². The fourth-order valence-electron chi connectivity index (χ4n) is 2.11. The lowest BCUT2D eigenvalue weighted by molar-refractivity contribution is 0.0952. The maximum absolute atomic E-state index is 11.9. The van der Waals surface area contributed by atoms with E-state index in [1.54, 1.807) is 0 Å². The fraction of sp³-hybridized carbons (Fsp3) is 0.583. The highest BCUT2D eigenvalue weighted by Gasteiger charge is 2.25. The topological polar surface area (TPSA) is 29.1 Å². The average molecular weight is 337 g/mol. The highest BCUT2D eigenvalue weighted by Crippen LogP contribution is 2.31. The van der Waals surface area contributed by atoms with Crippen LogP contribution >= 0.6 is 38.9 Å². The number of nitrogens with one attached hydrogen (secondary N) is 1. The molecule has 1 aromatic heterocycles. The minimum atomic E-state index is -0.0419. The Morgan fingerprint density at radius 3 is 2.94 bits per heavy atom. The maximum atomic E-state index is 11.9. The van der Waals surface area contributed by atoms with Crippen LogP contribution < -0.4 is 5.32 Å². The lowest BCUT2D eigenvalue weighted by Crippen LogP contribution is -2.30. The van der Waals surface area contributed by atoms with Crippen LogP contribution in [0.4, 0.5) is 0 Å². The van der Waals surface area contributed by atoms with Crippen LogP contribution in [-0.4, -0.2) is 17.3 Å². The van der Waals surface area contributed by atoms with Crippen molar-refractivity contribution >= 4 is 44.8 Å². The molecule has 5 heteroatoms. The van der Waals surface area contributed by atoms with Gasteiger partial charge in [-0.3, -0.25) is 4.79 Å². The molecule has 2 nitrogen and oxygen atoms in total. The Morgan fingerprint density at radius 2 is 2.41 bits per heavy atom. The number of hydrogen-bond donors (Lipinski definition) is 1. The number of hydrogen-bond acceptors (Lipinski definition) is 2. The van der Waals surface area contributed by atoms with Gasteiger partial charge in [0, 0.05) is 11.4 Å². The molecule has 17 heavy (non-hydrogen) atoms. The molecule has 0 aromatic carbocycles. The first kappa shape index (κ1) is 13.4. The van der Waals surface area contributed by atoms with Gasteiger partial charge in [-0.25, -0.2) is 0 Å². The van der Waals surface area contributed by atoms with Crippen LogP contribution in [0.25, 0.3) is 0 Å². The third-order valence-corrected chi connectivity index (χ3v) is 6.10. The summed E-state index contributed by atoms with van der Waals surface area (Å²) in [5.74, 6) is 0.512. The molecule has 1 saturated carbocycles. The molecule has 1 heterocycles. The summed E-state index contributed by atoms with van der Waals surface area (Å²) in [4.78, 5) is 13.1. The Balaban J connectivity index is 1.91. The highest BCUT2D eigenvalue weighted by atomic mass is 79.9. The molecule has 1 aromatic rings. The number of carbonyl (C=O) groups is 1. The molecule has 1 fully saturated rings. The Bertz CT molecular complexity index is 421. The number of halogens is 2. The van der Waals surface area contributed by atoms with Crippen LogP contribution in [-0.2, 0) is 0 Å². The molecule has 0 radical (unpaired) electrons. The molecule has 2 rings (SSSR count). The molecule has 2 atom stereocenters. The SMILES string of the molecule is Cc1csc(C(=O)NCC2CCCC2Br)c1Cl. The lowest BCUT2D eigenvalue weighted by Gasteiger charge is -2.14. The van der Waals surface area contributed by atoms with Gasteiger partial charge < -0.3 is 5.32 Å². The first-order chi connectivity index (χ1) is 8.09. The highest BCUT2D eigenvalue weighted by molar-refractivity contribution is 9.09. The zero-order chi connectivity index (χ0) is 12.4. The molecular weight excluding hydrogens is 322 g/mol. The predicted molar refractivity (Wildman–Crippen MR) is 76.5 cm³/mol. The second kappa shape index (κ2) is 5.72. The van der Waals surface area contributed by atoms with Gasteiger partial charge in [0.15, 0.2) is 0 Å². The smallest absolute Gasteiger partial charge is 0.262 e. The van der Waals surface area contributed by atoms with Gasteiger partial charge in [-0.05, 0) is 36.6 Å². The molecule has 0 saturated heterocycles. The van der Waals surface area contributed by atoms with Crippen molar-refractivity contribution in [3.8, 4) is 0 Å². The summed E-state index contributed by atoms with van der Waals surface area (Å²) in [6, 6.07) is 0. The Hall–Kier alpha value is -0.0600. The van der Waals surface area contributed by atoms with Crippen molar-refractivity contribution < 1.29 is 4.79 Å². The Morgan fingerprint density at radius 1 is 1.65 bits per heavy atom. The molecule has 1 aliphatic rings. The molecular formula is C12H15BrClNOS. The zero-order valence-corrected chi connectivity index (χ0v) is 12.8. The van der Waals surface area contributed by atoms with E-state index in [4.69, 9.17) is 11.6 Å². The zero-order valence-electron chi connectivity index (χ0n) is 9.63. The van der Waals surface area contributed by atoms with Crippen LogP contribution in [0, 0.1) is 12.8 Å². The minimum absolute atomic E-state index is 0.0419. The van der Waals surface area contributed by atoms with Gasteiger partial charge in [0.1, 0.15) is 4.88 Å². The summed E-state index contributed by atoms with van der Waals surface area (Å²) in [7, 11) is 0. The van der Waals surface area contributed by atoms with E-state index in [1.807, 2.05) is 12.3 Å². The third kappa shape index (κ3) is 3.04. The average Bonchev–Trinajstić information content (AvgIpc) is 2.84. The number of aryl methyl sites for hydroxylation is 1. The van der Waals surface area contributed by atoms with Gasteiger partial charge in [-0.2, -0.15) is 0 Å². The van der Waals surface area contributed by atoms with E-state index < -0.39 is 0 Å². The van der Waals surface area contributed by atoms with Crippen LogP contribution in [0.1, 0.15) is 34.5 Å². The molecule has 0 bridgehead atoms. The molecule has 94 valence electrons. The summed E-state index contributed by atoms with van der Waals surface area (Å²) < 4.78 is 0. The van der Waals surface area contributed by atoms with Crippen molar-refractivity contribution in [1.82, 2.24) is 5.32 Å². The van der Waals surface area contributed by atoms with Crippen molar-refractivity contribution in [3.05, 3.63) is 20.8 Å². The van der Waals surface area contributed by atoms with E-state index in [0.717, 1.165) is 12.1 Å². The van der Waals surface area contributed by atoms with Gasteiger partial charge in [-0.15, -0.1) is 11.3 Å². The number of thiophene rings is 1. The number of carbonyl (C=O) groups excluding carboxylic acids is 1. The number of amides is 1. The maximum Gasteiger partial charge on any atom is 0.262 e. The largest absolute Gasteiger partial charge is 0.351 e. The Kier molecular flexibility index (Phi) is 4.50. The van der Waals surface area contributed by atoms with Crippen molar-refractivity contribution in [2.45, 2.75) is 31.0 Å². The van der Waals surface area contributed by atoms with Crippen molar-refractivity contribution in [2.24, 2.45) is 5.92 Å². The monoisotopic (exact) mass is 335 g/mol. The second-order valence-electron chi connectivity index (χ2n) is 4.48. The molecule has 1 N–H and O–H groups in total. The minimum Gasteiger partial charge on any atom is -0.351 e. The molecule has 0 spiro atoms. The summed E-state index contributed by atoms with van der Waals surface area (Å²) >= 11 is 11.1. The normalized spacial score (nSPS) is 23.9. The van der Waals surface area contributed by atoms with Gasteiger partial charge in [0.2, 0.25) is 0 Å². The summed E-state index contributed by atoms with van der Waals surface area (Å²) in [6.07, 6.45) is 3.64. The van der Waals surface area contributed by atoms with E-state index in [-0.39, 0.29) is 5.91 Å². The molecule has 1 amide bonds. The van der Waals surface area contributed by atoms with E-state index in [1.165, 1.54) is 30.6 Å².